The summed E-state index contributed by atoms with van der Waals surface area (Å²) >= 11 is 7.23. The Morgan fingerprint density at radius 3 is 2.79 bits per heavy atom. The third-order valence-corrected chi connectivity index (χ3v) is 7.64. The van der Waals surface area contributed by atoms with Crippen LogP contribution in [0.1, 0.15) is 46.4 Å². The van der Waals surface area contributed by atoms with Gasteiger partial charge in [0.1, 0.15) is 17.0 Å². The van der Waals surface area contributed by atoms with E-state index in [0.29, 0.717) is 33.7 Å². The average Bonchev–Trinajstić information content (AvgIpc) is 3.49. The van der Waals surface area contributed by atoms with Crippen molar-refractivity contribution in [1.29, 1.82) is 10.9 Å². The molecule has 0 amide bonds. The summed E-state index contributed by atoms with van der Waals surface area (Å²) in [6, 6.07) is 8.95. The van der Waals surface area contributed by atoms with Gasteiger partial charge in [0.15, 0.2) is 5.82 Å². The number of aromatic amines is 1. The molecular weight excluding hydrogens is 529 g/mol. The second-order valence-corrected chi connectivity index (χ2v) is 10.2. The normalized spacial score (nSPS) is 13.7. The van der Waals surface area contributed by atoms with Crippen molar-refractivity contribution in [1.82, 2.24) is 15.0 Å². The molecule has 0 spiro atoms. The smallest absolute Gasteiger partial charge is 0.351 e. The van der Waals surface area contributed by atoms with E-state index in [2.05, 4.69) is 19.9 Å². The van der Waals surface area contributed by atoms with E-state index in [1.165, 1.54) is 7.11 Å². The standard InChI is InChI=1S/C26H23ClFN7O2S/c1-37-26(36)24-23(28)19(12-38-24)21-11-32-25(33-21)18(8-14-2-3-14)20-6-4-15(10-31-20)17-9-16(27)5-7-22(17)35(13-29)34-30/h4-7,9-14,18,29-30H,2-3,8H2,1H3,(H,32,33)/t18-/m1/s1. The van der Waals surface area contributed by atoms with Crippen molar-refractivity contribution in [3.05, 3.63) is 75.3 Å². The van der Waals surface area contributed by atoms with Crippen LogP contribution in [0.15, 0.2) is 53.3 Å². The van der Waals surface area contributed by atoms with E-state index in [-0.39, 0.29) is 16.4 Å². The maximum absolute atomic E-state index is 14.9. The number of thiophene rings is 1. The number of methoxy groups -OCH3 is 1. The van der Waals surface area contributed by atoms with Crippen LogP contribution in [0.3, 0.4) is 0 Å². The quantitative estimate of drug-likeness (QED) is 0.0637. The fourth-order valence-electron chi connectivity index (χ4n) is 4.33. The number of halogens is 2. The molecule has 1 aliphatic rings. The van der Waals surface area contributed by atoms with Crippen molar-refractivity contribution in [3.63, 3.8) is 0 Å². The maximum Gasteiger partial charge on any atom is 0.351 e. The lowest BCUT2D eigenvalue weighted by Gasteiger charge is -2.17. The summed E-state index contributed by atoms with van der Waals surface area (Å²) in [7, 11) is 1.22. The number of aromatic nitrogens is 3. The number of nitrogens with zero attached hydrogens (tertiary/aromatic N) is 4. The molecule has 0 aliphatic heterocycles. The van der Waals surface area contributed by atoms with Crippen LogP contribution in [0.4, 0.5) is 10.1 Å². The molecule has 38 heavy (non-hydrogen) atoms. The van der Waals surface area contributed by atoms with Gasteiger partial charge in [-0.05, 0) is 36.6 Å². The minimum atomic E-state index is -0.711. The number of hydrogen-bond donors (Lipinski definition) is 3. The molecule has 3 heterocycles. The first-order valence-electron chi connectivity index (χ1n) is 11.8. The van der Waals surface area contributed by atoms with Crippen molar-refractivity contribution in [3.8, 4) is 22.4 Å². The highest BCUT2D eigenvalue weighted by Crippen LogP contribution is 2.41. The van der Waals surface area contributed by atoms with Crippen molar-refractivity contribution in [2.45, 2.75) is 25.2 Å². The zero-order chi connectivity index (χ0) is 26.8. The Bertz CT molecular complexity index is 1490. The predicted octanol–water partition coefficient (Wildman–Crippen LogP) is 7.07. The fraction of sp³-hybridized carbons (Fsp3) is 0.231. The van der Waals surface area contributed by atoms with Crippen LogP contribution in [0.25, 0.3) is 22.4 Å². The highest BCUT2D eigenvalue weighted by Gasteiger charge is 2.30. The molecule has 3 N–H and O–H groups in total. The lowest BCUT2D eigenvalue weighted by atomic mass is 9.95. The van der Waals surface area contributed by atoms with Crippen molar-refractivity contribution < 1.29 is 13.9 Å². The molecule has 1 aromatic carbocycles. The van der Waals surface area contributed by atoms with E-state index >= 15 is 0 Å². The summed E-state index contributed by atoms with van der Waals surface area (Å²) in [5, 5.41) is 14.2. The molecule has 1 saturated carbocycles. The summed E-state index contributed by atoms with van der Waals surface area (Å²) in [6.07, 6.45) is 7.38. The third-order valence-electron chi connectivity index (χ3n) is 6.47. The van der Waals surface area contributed by atoms with Gasteiger partial charge in [-0.2, -0.15) is 5.53 Å². The largest absolute Gasteiger partial charge is 0.465 e. The summed E-state index contributed by atoms with van der Waals surface area (Å²) < 4.78 is 19.5. The third kappa shape index (κ3) is 5.07. The molecule has 1 atom stereocenters. The number of benzene rings is 1. The summed E-state index contributed by atoms with van der Waals surface area (Å²) in [6.45, 7) is 0. The topological polar surface area (TPSA) is 131 Å². The molecule has 1 fully saturated rings. The van der Waals surface area contributed by atoms with E-state index in [0.717, 1.165) is 53.2 Å². The maximum atomic E-state index is 14.9. The molecule has 1 aliphatic carbocycles. The molecule has 194 valence electrons. The number of pyridine rings is 1. The van der Waals surface area contributed by atoms with Crippen LogP contribution in [-0.4, -0.2) is 34.4 Å². The second kappa shape index (κ2) is 10.8. The van der Waals surface area contributed by atoms with Gasteiger partial charge in [0, 0.05) is 33.3 Å². The minimum absolute atomic E-state index is 0.0781. The second-order valence-electron chi connectivity index (χ2n) is 8.90. The minimum Gasteiger partial charge on any atom is -0.465 e. The number of carbonyl (C=O) groups excluding carboxylic acids is 1. The predicted molar refractivity (Wildman–Crippen MR) is 143 cm³/mol. The van der Waals surface area contributed by atoms with Gasteiger partial charge in [-0.3, -0.25) is 10.4 Å². The van der Waals surface area contributed by atoms with Gasteiger partial charge in [0.2, 0.25) is 0 Å². The van der Waals surface area contributed by atoms with Crippen LogP contribution < -0.4 is 5.01 Å². The van der Waals surface area contributed by atoms with Crippen LogP contribution in [0, 0.1) is 22.7 Å². The fourth-order valence-corrected chi connectivity index (χ4v) is 5.36. The molecule has 9 nitrogen and oxygen atoms in total. The molecule has 3 aromatic heterocycles. The van der Waals surface area contributed by atoms with E-state index in [1.54, 1.807) is 36.0 Å². The van der Waals surface area contributed by atoms with Crippen molar-refractivity contribution in [2.24, 2.45) is 11.1 Å². The molecule has 0 bridgehead atoms. The summed E-state index contributed by atoms with van der Waals surface area (Å²) in [4.78, 5) is 24.3. The number of imidazole rings is 1. The van der Waals surface area contributed by atoms with Gasteiger partial charge < -0.3 is 9.72 Å². The molecular formula is C26H23ClFN7O2S. The lowest BCUT2D eigenvalue weighted by molar-refractivity contribution is 0.0601. The van der Waals surface area contributed by atoms with Gasteiger partial charge in [-0.1, -0.05) is 35.7 Å². The molecule has 0 saturated heterocycles. The van der Waals surface area contributed by atoms with Crippen molar-refractivity contribution >= 4 is 40.9 Å². The van der Waals surface area contributed by atoms with Crippen LogP contribution in [0.5, 0.6) is 0 Å². The molecule has 5 rings (SSSR count). The highest BCUT2D eigenvalue weighted by atomic mass is 35.5. The number of carbonyl (C=O) groups is 1. The molecule has 4 aromatic rings. The summed E-state index contributed by atoms with van der Waals surface area (Å²) in [5.41, 5.74) is 10.9. The van der Waals surface area contributed by atoms with Gasteiger partial charge in [0.05, 0.1) is 36.3 Å². The van der Waals surface area contributed by atoms with Crippen LogP contribution in [-0.2, 0) is 4.74 Å². The zero-order valence-corrected chi connectivity index (χ0v) is 21.8. The lowest BCUT2D eigenvalue weighted by Crippen LogP contribution is -2.12. The van der Waals surface area contributed by atoms with Crippen molar-refractivity contribution in [2.75, 3.05) is 12.1 Å². The summed E-state index contributed by atoms with van der Waals surface area (Å²) in [5.74, 6) is -0.236. The monoisotopic (exact) mass is 551 g/mol. The van der Waals surface area contributed by atoms with Gasteiger partial charge in [0.25, 0.3) is 0 Å². The Balaban J connectivity index is 1.47. The first-order chi connectivity index (χ1) is 18.4. The first kappa shape index (κ1) is 25.7. The van der Waals surface area contributed by atoms with Crippen LogP contribution in [0.2, 0.25) is 5.02 Å². The Morgan fingerprint density at radius 1 is 1.32 bits per heavy atom. The number of nitrogens with one attached hydrogen (secondary N) is 3. The zero-order valence-electron chi connectivity index (χ0n) is 20.2. The van der Waals surface area contributed by atoms with Crippen LogP contribution >= 0.6 is 22.9 Å². The number of anilines is 1. The Labute approximate surface area is 226 Å². The van der Waals surface area contributed by atoms with E-state index < -0.39 is 11.8 Å². The van der Waals surface area contributed by atoms with E-state index in [1.807, 2.05) is 12.1 Å². The molecule has 12 heteroatoms. The molecule has 0 unspecified atom stereocenters. The number of hydrogen-bond acceptors (Lipinski definition) is 8. The Kier molecular flexibility index (Phi) is 7.30. The number of ether oxygens (including phenoxy) is 1. The number of esters is 1. The van der Waals surface area contributed by atoms with Gasteiger partial charge in [-0.25, -0.2) is 19.2 Å². The first-order valence-corrected chi connectivity index (χ1v) is 13.0. The average molecular weight is 552 g/mol. The SMILES string of the molecule is COC(=O)c1scc(-c2cnc([C@H](CC3CC3)c3ccc(-c4cc(Cl)ccc4N(C=N)N=N)cn3)[nH]2)c1F. The number of H-pyrrole nitrogens is 1. The number of rotatable bonds is 10. The molecule has 0 radical (unpaired) electrons. The Hall–Kier alpha value is -3.96. The highest BCUT2D eigenvalue weighted by molar-refractivity contribution is 7.12. The van der Waals surface area contributed by atoms with Gasteiger partial charge >= 0.3 is 5.97 Å². The van der Waals surface area contributed by atoms with E-state index in [4.69, 9.17) is 27.5 Å². The Morgan fingerprint density at radius 2 is 2.13 bits per heavy atom. The van der Waals surface area contributed by atoms with E-state index in [9.17, 15) is 9.18 Å². The van der Waals surface area contributed by atoms with Gasteiger partial charge in [-0.15, -0.1) is 11.3 Å².